The second kappa shape index (κ2) is 10.6. The van der Waals surface area contributed by atoms with E-state index in [0.717, 1.165) is 28.6 Å². The fourth-order valence-electron chi connectivity index (χ4n) is 9.64. The maximum Gasteiger partial charge on any atom is 0.151 e. The van der Waals surface area contributed by atoms with Gasteiger partial charge in [-0.15, -0.1) is 11.3 Å². The number of hydrogen-bond acceptors (Lipinski definition) is 4. The van der Waals surface area contributed by atoms with E-state index in [0.29, 0.717) is 0 Å². The van der Waals surface area contributed by atoms with Crippen LogP contribution >= 0.6 is 11.3 Å². The Balaban J connectivity index is 1.23. The molecule has 1 aliphatic carbocycles. The van der Waals surface area contributed by atoms with Crippen molar-refractivity contribution in [3.05, 3.63) is 167 Å². The molecule has 3 nitrogen and oxygen atoms in total. The highest BCUT2D eigenvalue weighted by atomic mass is 32.1. The zero-order valence-electron chi connectivity index (χ0n) is 30.5. The van der Waals surface area contributed by atoms with E-state index >= 15 is 0 Å². The van der Waals surface area contributed by atoms with Crippen LogP contribution in [0.3, 0.4) is 0 Å². The highest BCUT2D eigenvalue weighted by molar-refractivity contribution is 7.26. The van der Waals surface area contributed by atoms with Crippen LogP contribution in [0.15, 0.2) is 140 Å². The second-order valence-corrected chi connectivity index (χ2v) is 16.8. The van der Waals surface area contributed by atoms with E-state index in [1.807, 2.05) is 11.3 Å². The van der Waals surface area contributed by atoms with Gasteiger partial charge in [-0.25, -0.2) is 0 Å². The maximum absolute atomic E-state index is 6.64. The molecule has 7 aromatic carbocycles. The molecule has 8 aromatic rings. The number of fused-ring (bicyclic) bond motifs is 10. The molecule has 3 aliphatic rings. The summed E-state index contributed by atoms with van der Waals surface area (Å²) in [6.07, 6.45) is 0. The minimum Gasteiger partial charge on any atom is -0.453 e. The lowest BCUT2D eigenvalue weighted by atomic mass is 9.72. The van der Waals surface area contributed by atoms with Crippen molar-refractivity contribution in [2.45, 2.75) is 45.4 Å². The van der Waals surface area contributed by atoms with Crippen LogP contribution in [0.25, 0.3) is 31.3 Å². The normalized spacial score (nSPS) is 15.3. The van der Waals surface area contributed by atoms with Crippen molar-refractivity contribution in [1.29, 1.82) is 0 Å². The first-order valence-corrected chi connectivity index (χ1v) is 19.3. The van der Waals surface area contributed by atoms with Crippen molar-refractivity contribution in [2.75, 3.05) is 9.80 Å². The number of rotatable bonds is 3. The summed E-state index contributed by atoms with van der Waals surface area (Å²) in [6.45, 7) is 11.7. The third-order valence-corrected chi connectivity index (χ3v) is 13.3. The lowest BCUT2D eigenvalue weighted by Crippen LogP contribution is -2.34. The Bertz CT molecular complexity index is 2860. The van der Waals surface area contributed by atoms with Gasteiger partial charge in [-0.3, -0.25) is 0 Å². The molecule has 0 saturated heterocycles. The van der Waals surface area contributed by atoms with Gasteiger partial charge in [0.15, 0.2) is 11.5 Å². The molecule has 0 bridgehead atoms. The van der Waals surface area contributed by atoms with E-state index in [9.17, 15) is 0 Å². The van der Waals surface area contributed by atoms with Gasteiger partial charge in [0.2, 0.25) is 0 Å². The van der Waals surface area contributed by atoms with Crippen LogP contribution in [0.5, 0.6) is 11.5 Å². The molecule has 11 rings (SSSR count). The van der Waals surface area contributed by atoms with Gasteiger partial charge in [-0.05, 0) is 88.8 Å². The number of anilines is 6. The second-order valence-electron chi connectivity index (χ2n) is 15.8. The Labute approximate surface area is 314 Å². The van der Waals surface area contributed by atoms with Crippen LogP contribution in [0.2, 0.25) is 0 Å². The van der Waals surface area contributed by atoms with E-state index in [2.05, 4.69) is 184 Å². The molecule has 256 valence electrons. The minimum absolute atomic E-state index is 0.128. The van der Waals surface area contributed by atoms with Crippen molar-refractivity contribution >= 4 is 65.6 Å². The van der Waals surface area contributed by atoms with E-state index in [4.69, 9.17) is 4.74 Å². The molecule has 0 N–H and O–H groups in total. The first-order valence-electron chi connectivity index (χ1n) is 18.5. The summed E-state index contributed by atoms with van der Waals surface area (Å²) in [5.74, 6) is 1.79. The van der Waals surface area contributed by atoms with Crippen molar-refractivity contribution in [2.24, 2.45) is 0 Å². The first kappa shape index (κ1) is 30.8. The topological polar surface area (TPSA) is 15.7 Å². The SMILES string of the molecule is Cc1cccc2c1N1c3cccc(N(c4ccc5c(c4)C(C)(C)c4ccccc4-5)c4cccc5c4sc4ccccc45)c3C(C)(C)c3cccc(c31)O2. The van der Waals surface area contributed by atoms with Gasteiger partial charge in [0.05, 0.1) is 33.1 Å². The molecule has 0 atom stereocenters. The van der Waals surface area contributed by atoms with Crippen LogP contribution in [0.4, 0.5) is 34.1 Å². The monoisotopic (exact) mass is 702 g/mol. The summed E-state index contributed by atoms with van der Waals surface area (Å²) in [4.78, 5) is 5.04. The molecule has 0 spiro atoms. The fourth-order valence-corrected chi connectivity index (χ4v) is 10.8. The molecule has 3 heterocycles. The number of nitrogens with zero attached hydrogens (tertiary/aromatic N) is 2. The van der Waals surface area contributed by atoms with Crippen molar-refractivity contribution < 1.29 is 4.74 Å². The number of para-hydroxylation sites is 2. The van der Waals surface area contributed by atoms with Crippen molar-refractivity contribution in [3.8, 4) is 22.6 Å². The summed E-state index contributed by atoms with van der Waals surface area (Å²) in [7, 11) is 0. The molecule has 4 heteroatoms. The Morgan fingerprint density at radius 3 is 2.13 bits per heavy atom. The zero-order valence-corrected chi connectivity index (χ0v) is 31.3. The quantitative estimate of drug-likeness (QED) is 0.182. The average Bonchev–Trinajstić information content (AvgIpc) is 3.66. The number of ether oxygens (including phenoxy) is 1. The zero-order chi connectivity index (χ0) is 35.8. The predicted octanol–water partition coefficient (Wildman–Crippen LogP) is 14.4. The molecular weight excluding hydrogens is 665 g/mol. The van der Waals surface area contributed by atoms with Crippen molar-refractivity contribution in [3.63, 3.8) is 0 Å². The molecule has 0 unspecified atom stereocenters. The minimum atomic E-state index is -0.351. The highest BCUT2D eigenvalue weighted by Gasteiger charge is 2.44. The lowest BCUT2D eigenvalue weighted by molar-refractivity contribution is 0.471. The van der Waals surface area contributed by atoms with Gasteiger partial charge in [0.1, 0.15) is 0 Å². The van der Waals surface area contributed by atoms with E-state index in [-0.39, 0.29) is 10.8 Å². The molecular formula is C49H38N2OS. The summed E-state index contributed by atoms with van der Waals surface area (Å²) >= 11 is 1.89. The maximum atomic E-state index is 6.64. The molecule has 1 aromatic heterocycles. The van der Waals surface area contributed by atoms with Gasteiger partial charge < -0.3 is 14.5 Å². The molecule has 0 amide bonds. The molecule has 2 aliphatic heterocycles. The highest BCUT2D eigenvalue weighted by Crippen LogP contribution is 2.63. The predicted molar refractivity (Wildman–Crippen MR) is 223 cm³/mol. The van der Waals surface area contributed by atoms with Gasteiger partial charge >= 0.3 is 0 Å². The number of hydrogen-bond donors (Lipinski definition) is 0. The number of benzene rings is 7. The van der Waals surface area contributed by atoms with Gasteiger partial charge in [-0.2, -0.15) is 0 Å². The smallest absolute Gasteiger partial charge is 0.151 e. The summed E-state index contributed by atoms with van der Waals surface area (Å²) in [6, 6.07) is 51.6. The van der Waals surface area contributed by atoms with E-state index < -0.39 is 0 Å². The summed E-state index contributed by atoms with van der Waals surface area (Å²) in [5, 5.41) is 2.59. The van der Waals surface area contributed by atoms with Gasteiger partial charge in [0.25, 0.3) is 0 Å². The standard InChI is InChI=1S/C49H38N2OS/c1-29-14-10-23-41-45(29)51-39-21-13-20-38(44(39)49(4,5)36-19-12-24-42(52-41)46(36)51)50(40-22-11-17-34-33-16-7-9-25-43(33)53-47(34)40)30-26-27-32-31-15-6-8-18-35(31)48(2,3)37(32)28-30/h6-28H,1-5H3. The fraction of sp³-hybridized carbons (Fsp3) is 0.143. The van der Waals surface area contributed by atoms with E-state index in [1.54, 1.807) is 0 Å². The average molecular weight is 703 g/mol. The number of aryl methyl sites for hydroxylation is 1. The van der Waals surface area contributed by atoms with Crippen LogP contribution < -0.4 is 14.5 Å². The van der Waals surface area contributed by atoms with Gasteiger partial charge in [-0.1, -0.05) is 119 Å². The molecule has 0 fully saturated rings. The lowest BCUT2D eigenvalue weighted by Gasteiger charge is -2.47. The van der Waals surface area contributed by atoms with Crippen LogP contribution in [-0.4, -0.2) is 0 Å². The number of thiophene rings is 1. The first-order chi connectivity index (χ1) is 25.7. The van der Waals surface area contributed by atoms with E-state index in [1.165, 1.54) is 76.2 Å². The Morgan fingerprint density at radius 2 is 1.25 bits per heavy atom. The summed E-state index contributed by atoms with van der Waals surface area (Å²) < 4.78 is 9.24. The van der Waals surface area contributed by atoms with Gasteiger partial charge in [0, 0.05) is 37.6 Å². The van der Waals surface area contributed by atoms with Crippen LogP contribution in [0, 0.1) is 6.92 Å². The Hall–Kier alpha value is -5.84. The third kappa shape index (κ3) is 4.05. The molecule has 0 saturated carbocycles. The molecule has 53 heavy (non-hydrogen) atoms. The Kier molecular flexibility index (Phi) is 6.16. The largest absolute Gasteiger partial charge is 0.453 e. The third-order valence-electron chi connectivity index (χ3n) is 12.1. The Morgan fingerprint density at radius 1 is 0.566 bits per heavy atom. The van der Waals surface area contributed by atoms with Crippen LogP contribution in [-0.2, 0) is 10.8 Å². The molecule has 0 radical (unpaired) electrons. The van der Waals surface area contributed by atoms with Crippen LogP contribution in [0.1, 0.15) is 55.5 Å². The summed E-state index contributed by atoms with van der Waals surface area (Å²) in [5.41, 5.74) is 15.6. The van der Waals surface area contributed by atoms with Crippen molar-refractivity contribution in [1.82, 2.24) is 0 Å².